The summed E-state index contributed by atoms with van der Waals surface area (Å²) in [6.07, 6.45) is 6.74. The van der Waals surface area contributed by atoms with E-state index in [2.05, 4.69) is 63.9 Å². The maximum absolute atomic E-state index is 3.73. The van der Waals surface area contributed by atoms with Gasteiger partial charge in [0.05, 0.1) is 0 Å². The molecule has 0 aliphatic heterocycles. The topological polar surface area (TPSA) is 12.0 Å². The van der Waals surface area contributed by atoms with Crippen molar-refractivity contribution in [3.8, 4) is 0 Å². The second kappa shape index (κ2) is 8.14. The zero-order valence-corrected chi connectivity index (χ0v) is 13.7. The van der Waals surface area contributed by atoms with E-state index in [-0.39, 0.29) is 0 Å². The second-order valence-corrected chi connectivity index (χ2v) is 6.80. The van der Waals surface area contributed by atoms with Crippen LogP contribution in [0, 0.1) is 18.3 Å². The van der Waals surface area contributed by atoms with Gasteiger partial charge in [-0.1, -0.05) is 57.2 Å². The highest BCUT2D eigenvalue weighted by Crippen LogP contribution is 2.34. The highest BCUT2D eigenvalue weighted by molar-refractivity contribution is 5.21. The summed E-state index contributed by atoms with van der Waals surface area (Å²) in [5.41, 5.74) is 3.21. The van der Waals surface area contributed by atoms with Crippen LogP contribution in [-0.2, 0) is 6.42 Å². The third kappa shape index (κ3) is 6.27. The standard InChI is InChI=1S/C19H31N/c1-6-20-14-13-19(5,15-16(2)3)12-11-18-9-7-17(4)8-10-18/h6-10,16,20H,1,11-15H2,2-5H3. The molecule has 0 radical (unpaired) electrons. The van der Waals surface area contributed by atoms with Gasteiger partial charge in [-0.25, -0.2) is 0 Å². The van der Waals surface area contributed by atoms with E-state index in [1.54, 1.807) is 6.20 Å². The first-order valence-electron chi connectivity index (χ1n) is 7.85. The van der Waals surface area contributed by atoms with Gasteiger partial charge < -0.3 is 5.32 Å². The normalized spacial score (nSPS) is 14.1. The SMILES string of the molecule is C=CNCCC(C)(CCc1ccc(C)cc1)CC(C)C. The number of nitrogens with one attached hydrogen (secondary N) is 1. The van der Waals surface area contributed by atoms with Gasteiger partial charge in [0.25, 0.3) is 0 Å². The summed E-state index contributed by atoms with van der Waals surface area (Å²) in [4.78, 5) is 0. The monoisotopic (exact) mass is 273 g/mol. The lowest BCUT2D eigenvalue weighted by molar-refractivity contribution is 0.217. The molecule has 0 aliphatic rings. The first-order chi connectivity index (χ1) is 9.45. The van der Waals surface area contributed by atoms with E-state index in [4.69, 9.17) is 0 Å². The van der Waals surface area contributed by atoms with Crippen molar-refractivity contribution in [1.82, 2.24) is 5.32 Å². The molecule has 0 fully saturated rings. The van der Waals surface area contributed by atoms with Gasteiger partial charge in [0.15, 0.2) is 0 Å². The predicted molar refractivity (Wildman–Crippen MR) is 89.9 cm³/mol. The molecule has 1 aromatic rings. The Balaban J connectivity index is 2.58. The van der Waals surface area contributed by atoms with Crippen LogP contribution in [0.1, 0.15) is 51.2 Å². The number of rotatable bonds is 9. The number of hydrogen-bond acceptors (Lipinski definition) is 1. The first-order valence-corrected chi connectivity index (χ1v) is 7.85. The molecular formula is C19H31N. The molecule has 1 rings (SSSR count). The highest BCUT2D eigenvalue weighted by Gasteiger charge is 2.24. The highest BCUT2D eigenvalue weighted by atomic mass is 14.8. The number of aryl methyl sites for hydroxylation is 2. The van der Waals surface area contributed by atoms with Crippen LogP contribution in [0.25, 0.3) is 0 Å². The van der Waals surface area contributed by atoms with Crippen LogP contribution in [-0.4, -0.2) is 6.54 Å². The van der Waals surface area contributed by atoms with Gasteiger partial charge >= 0.3 is 0 Å². The van der Waals surface area contributed by atoms with Gasteiger partial charge in [-0.3, -0.25) is 0 Å². The molecule has 1 nitrogen and oxygen atoms in total. The molecule has 0 saturated carbocycles. The van der Waals surface area contributed by atoms with Crippen molar-refractivity contribution in [2.75, 3.05) is 6.54 Å². The summed E-state index contributed by atoms with van der Waals surface area (Å²) >= 11 is 0. The van der Waals surface area contributed by atoms with Crippen LogP contribution >= 0.6 is 0 Å². The molecule has 0 amide bonds. The summed E-state index contributed by atoms with van der Waals surface area (Å²) < 4.78 is 0. The maximum Gasteiger partial charge on any atom is 0.0146 e. The largest absolute Gasteiger partial charge is 0.391 e. The molecule has 0 spiro atoms. The van der Waals surface area contributed by atoms with Gasteiger partial charge in [0, 0.05) is 6.54 Å². The molecule has 1 N–H and O–H groups in total. The average Bonchev–Trinajstić information content (AvgIpc) is 2.38. The first kappa shape index (κ1) is 16.8. The summed E-state index contributed by atoms with van der Waals surface area (Å²) in [6.45, 7) is 14.0. The lowest BCUT2D eigenvalue weighted by Gasteiger charge is -2.32. The van der Waals surface area contributed by atoms with E-state index in [1.807, 2.05) is 0 Å². The molecule has 0 aliphatic carbocycles. The van der Waals surface area contributed by atoms with E-state index in [0.717, 1.165) is 12.5 Å². The molecule has 1 unspecified atom stereocenters. The molecule has 1 atom stereocenters. The molecule has 1 heteroatoms. The van der Waals surface area contributed by atoms with Crippen molar-refractivity contribution in [3.63, 3.8) is 0 Å². The zero-order valence-electron chi connectivity index (χ0n) is 13.7. The lowest BCUT2D eigenvalue weighted by Crippen LogP contribution is -2.25. The molecule has 0 bridgehead atoms. The summed E-state index contributed by atoms with van der Waals surface area (Å²) in [6, 6.07) is 8.98. The van der Waals surface area contributed by atoms with Crippen LogP contribution in [0.5, 0.6) is 0 Å². The Morgan fingerprint density at radius 3 is 2.40 bits per heavy atom. The molecule has 1 aromatic carbocycles. The Morgan fingerprint density at radius 1 is 1.20 bits per heavy atom. The molecule has 0 heterocycles. The van der Waals surface area contributed by atoms with E-state index < -0.39 is 0 Å². The quantitative estimate of drug-likeness (QED) is 0.617. The van der Waals surface area contributed by atoms with Crippen LogP contribution in [0.2, 0.25) is 0 Å². The maximum atomic E-state index is 3.73. The fourth-order valence-corrected chi connectivity index (χ4v) is 2.99. The second-order valence-electron chi connectivity index (χ2n) is 6.80. The van der Waals surface area contributed by atoms with E-state index >= 15 is 0 Å². The zero-order chi connectivity index (χ0) is 15.0. The van der Waals surface area contributed by atoms with E-state index in [0.29, 0.717) is 5.41 Å². The Hall–Kier alpha value is -1.24. The van der Waals surface area contributed by atoms with Crippen molar-refractivity contribution in [1.29, 1.82) is 0 Å². The molecule has 112 valence electrons. The fourth-order valence-electron chi connectivity index (χ4n) is 2.99. The summed E-state index contributed by atoms with van der Waals surface area (Å²) in [5, 5.41) is 3.25. The molecule has 20 heavy (non-hydrogen) atoms. The van der Waals surface area contributed by atoms with Crippen molar-refractivity contribution < 1.29 is 0 Å². The Kier molecular flexibility index (Phi) is 6.84. The molecular weight excluding hydrogens is 242 g/mol. The van der Waals surface area contributed by atoms with Crippen molar-refractivity contribution >= 4 is 0 Å². The van der Waals surface area contributed by atoms with Crippen LogP contribution < -0.4 is 5.32 Å². The third-order valence-electron chi connectivity index (χ3n) is 4.06. The Morgan fingerprint density at radius 2 is 1.85 bits per heavy atom. The van der Waals surface area contributed by atoms with Crippen LogP contribution in [0.3, 0.4) is 0 Å². The number of benzene rings is 1. The smallest absolute Gasteiger partial charge is 0.0146 e. The average molecular weight is 273 g/mol. The van der Waals surface area contributed by atoms with E-state index in [9.17, 15) is 0 Å². The number of hydrogen-bond donors (Lipinski definition) is 1. The van der Waals surface area contributed by atoms with Gasteiger partial charge in [-0.05, 0) is 55.7 Å². The Bertz CT molecular complexity index is 391. The third-order valence-corrected chi connectivity index (χ3v) is 4.06. The lowest BCUT2D eigenvalue weighted by atomic mass is 9.75. The van der Waals surface area contributed by atoms with Crippen molar-refractivity contribution in [2.24, 2.45) is 11.3 Å². The van der Waals surface area contributed by atoms with E-state index in [1.165, 1.54) is 36.8 Å². The van der Waals surface area contributed by atoms with Gasteiger partial charge in [-0.15, -0.1) is 0 Å². The van der Waals surface area contributed by atoms with Gasteiger partial charge in [0.1, 0.15) is 0 Å². The fraction of sp³-hybridized carbons (Fsp3) is 0.579. The minimum absolute atomic E-state index is 0.412. The molecule has 0 aromatic heterocycles. The predicted octanol–water partition coefficient (Wildman–Crippen LogP) is 5.10. The van der Waals surface area contributed by atoms with Crippen LogP contribution in [0.15, 0.2) is 37.0 Å². The minimum atomic E-state index is 0.412. The minimum Gasteiger partial charge on any atom is -0.391 e. The van der Waals surface area contributed by atoms with Crippen molar-refractivity contribution in [3.05, 3.63) is 48.2 Å². The van der Waals surface area contributed by atoms with Gasteiger partial charge in [-0.2, -0.15) is 0 Å². The molecule has 0 saturated heterocycles. The Labute approximate surface area is 125 Å². The van der Waals surface area contributed by atoms with Crippen molar-refractivity contribution in [2.45, 2.75) is 53.4 Å². The van der Waals surface area contributed by atoms with Crippen LogP contribution in [0.4, 0.5) is 0 Å². The summed E-state index contributed by atoms with van der Waals surface area (Å²) in [7, 11) is 0. The van der Waals surface area contributed by atoms with Gasteiger partial charge in [0.2, 0.25) is 0 Å². The summed E-state index contributed by atoms with van der Waals surface area (Å²) in [5.74, 6) is 0.752.